The minimum atomic E-state index is -0.895. The van der Waals surface area contributed by atoms with E-state index in [-0.39, 0.29) is 12.0 Å². The van der Waals surface area contributed by atoms with Gasteiger partial charge in [-0.15, -0.1) is 0 Å². The van der Waals surface area contributed by atoms with Gasteiger partial charge in [-0.25, -0.2) is 4.39 Å². The summed E-state index contributed by atoms with van der Waals surface area (Å²) in [5.41, 5.74) is 7.14. The van der Waals surface area contributed by atoms with Gasteiger partial charge in [-0.3, -0.25) is 9.59 Å². The number of nitrogens with two attached hydrogens (primary N) is 1. The van der Waals surface area contributed by atoms with E-state index in [1.165, 1.54) is 18.2 Å². The molecule has 5 heteroatoms. The van der Waals surface area contributed by atoms with Gasteiger partial charge < -0.3 is 11.1 Å². The minimum Gasteiger partial charge on any atom is -0.368 e. The molecule has 0 bridgehead atoms. The van der Waals surface area contributed by atoms with Crippen LogP contribution >= 0.6 is 0 Å². The summed E-state index contributed by atoms with van der Waals surface area (Å²) in [6.45, 7) is 1.91. The third-order valence-corrected chi connectivity index (χ3v) is 3.45. The van der Waals surface area contributed by atoms with Gasteiger partial charge in [0.2, 0.25) is 5.91 Å². The molecule has 3 N–H and O–H groups in total. The van der Waals surface area contributed by atoms with E-state index in [1.807, 2.05) is 31.2 Å². The summed E-state index contributed by atoms with van der Waals surface area (Å²) in [6.07, 6.45) is 0.266. The Morgan fingerprint density at radius 2 is 1.77 bits per heavy atom. The first-order chi connectivity index (χ1) is 10.5. The van der Waals surface area contributed by atoms with Crippen LogP contribution in [0.1, 0.15) is 21.5 Å². The maximum absolute atomic E-state index is 13.6. The van der Waals surface area contributed by atoms with Crippen LogP contribution in [0.15, 0.2) is 48.5 Å². The number of hydrogen-bond acceptors (Lipinski definition) is 2. The Hall–Kier alpha value is -2.69. The second-order valence-corrected chi connectivity index (χ2v) is 5.04. The van der Waals surface area contributed by atoms with Gasteiger partial charge in [0.05, 0.1) is 5.56 Å². The van der Waals surface area contributed by atoms with E-state index in [1.54, 1.807) is 6.07 Å². The van der Waals surface area contributed by atoms with Gasteiger partial charge in [0.15, 0.2) is 0 Å². The van der Waals surface area contributed by atoms with Crippen molar-refractivity contribution in [2.75, 3.05) is 0 Å². The maximum atomic E-state index is 13.6. The first-order valence-electron chi connectivity index (χ1n) is 6.88. The van der Waals surface area contributed by atoms with Crippen molar-refractivity contribution in [3.8, 4) is 0 Å². The summed E-state index contributed by atoms with van der Waals surface area (Å²) in [5.74, 6) is -1.96. The van der Waals surface area contributed by atoms with Crippen molar-refractivity contribution in [3.05, 3.63) is 71.0 Å². The normalized spacial score (nSPS) is 11.7. The Morgan fingerprint density at radius 1 is 1.14 bits per heavy atom. The molecule has 2 aromatic rings. The van der Waals surface area contributed by atoms with Gasteiger partial charge in [0, 0.05) is 6.42 Å². The molecular formula is C17H17FN2O2. The Labute approximate surface area is 128 Å². The van der Waals surface area contributed by atoms with Crippen LogP contribution in [0, 0.1) is 12.7 Å². The molecule has 0 aromatic heterocycles. The van der Waals surface area contributed by atoms with Crippen LogP contribution in [0.2, 0.25) is 0 Å². The fourth-order valence-electron chi connectivity index (χ4n) is 2.16. The molecule has 0 radical (unpaired) electrons. The summed E-state index contributed by atoms with van der Waals surface area (Å²) in [7, 11) is 0. The molecule has 0 fully saturated rings. The molecule has 0 aliphatic rings. The van der Waals surface area contributed by atoms with Gasteiger partial charge >= 0.3 is 0 Å². The molecule has 0 heterocycles. The average molecular weight is 300 g/mol. The quantitative estimate of drug-likeness (QED) is 0.886. The van der Waals surface area contributed by atoms with E-state index in [9.17, 15) is 14.0 Å². The lowest BCUT2D eigenvalue weighted by Crippen LogP contribution is -2.46. The summed E-state index contributed by atoms with van der Waals surface area (Å²) in [6, 6.07) is 12.2. The van der Waals surface area contributed by atoms with Crippen molar-refractivity contribution in [2.45, 2.75) is 19.4 Å². The molecular weight excluding hydrogens is 283 g/mol. The third-order valence-electron chi connectivity index (χ3n) is 3.45. The van der Waals surface area contributed by atoms with E-state index in [2.05, 4.69) is 5.32 Å². The smallest absolute Gasteiger partial charge is 0.254 e. The Morgan fingerprint density at radius 3 is 2.41 bits per heavy atom. The fourth-order valence-corrected chi connectivity index (χ4v) is 2.16. The van der Waals surface area contributed by atoms with Gasteiger partial charge in [0.25, 0.3) is 5.91 Å². The molecule has 114 valence electrons. The Balaban J connectivity index is 2.16. The van der Waals surface area contributed by atoms with Gasteiger partial charge in [0.1, 0.15) is 11.9 Å². The van der Waals surface area contributed by atoms with Crippen LogP contribution in [0.25, 0.3) is 0 Å². The van der Waals surface area contributed by atoms with Crippen molar-refractivity contribution in [1.82, 2.24) is 5.32 Å². The first kappa shape index (κ1) is 15.7. The number of carbonyl (C=O) groups excluding carboxylic acids is 2. The molecule has 4 nitrogen and oxygen atoms in total. The highest BCUT2D eigenvalue weighted by atomic mass is 19.1. The van der Waals surface area contributed by atoms with Crippen molar-refractivity contribution < 1.29 is 14.0 Å². The number of benzene rings is 2. The summed E-state index contributed by atoms with van der Waals surface area (Å²) < 4.78 is 13.6. The van der Waals surface area contributed by atoms with Crippen LogP contribution in [-0.4, -0.2) is 17.9 Å². The summed E-state index contributed by atoms with van der Waals surface area (Å²) in [5, 5.41) is 2.50. The number of nitrogens with one attached hydrogen (secondary N) is 1. The predicted octanol–water partition coefficient (Wildman–Crippen LogP) is 1.96. The number of amides is 2. The van der Waals surface area contributed by atoms with Gasteiger partial charge in [-0.05, 0) is 30.2 Å². The zero-order valence-electron chi connectivity index (χ0n) is 12.2. The minimum absolute atomic E-state index is 0.112. The largest absolute Gasteiger partial charge is 0.368 e. The van der Waals surface area contributed by atoms with Crippen LogP contribution in [0.4, 0.5) is 4.39 Å². The van der Waals surface area contributed by atoms with Gasteiger partial charge in [-0.1, -0.05) is 36.4 Å². The first-order valence-corrected chi connectivity index (χ1v) is 6.88. The van der Waals surface area contributed by atoms with Crippen LogP contribution in [0.3, 0.4) is 0 Å². The van der Waals surface area contributed by atoms with E-state index < -0.39 is 23.7 Å². The molecule has 0 spiro atoms. The van der Waals surface area contributed by atoms with Crippen LogP contribution in [0.5, 0.6) is 0 Å². The molecule has 0 aliphatic carbocycles. The zero-order chi connectivity index (χ0) is 16.1. The second-order valence-electron chi connectivity index (χ2n) is 5.04. The lowest BCUT2D eigenvalue weighted by molar-refractivity contribution is -0.119. The van der Waals surface area contributed by atoms with E-state index in [0.29, 0.717) is 0 Å². The average Bonchev–Trinajstić information content (AvgIpc) is 2.49. The molecule has 0 saturated carbocycles. The molecule has 0 aliphatic heterocycles. The number of primary amides is 1. The van der Waals surface area contributed by atoms with Crippen LogP contribution in [-0.2, 0) is 11.2 Å². The van der Waals surface area contributed by atoms with Crippen molar-refractivity contribution in [2.24, 2.45) is 5.73 Å². The van der Waals surface area contributed by atoms with E-state index >= 15 is 0 Å². The van der Waals surface area contributed by atoms with Crippen molar-refractivity contribution in [3.63, 3.8) is 0 Å². The molecule has 2 rings (SSSR count). The number of aryl methyl sites for hydroxylation is 1. The zero-order valence-corrected chi connectivity index (χ0v) is 12.2. The van der Waals surface area contributed by atoms with E-state index in [0.717, 1.165) is 11.1 Å². The summed E-state index contributed by atoms with van der Waals surface area (Å²) >= 11 is 0. The molecule has 0 saturated heterocycles. The second kappa shape index (κ2) is 6.85. The number of rotatable bonds is 5. The maximum Gasteiger partial charge on any atom is 0.254 e. The summed E-state index contributed by atoms with van der Waals surface area (Å²) in [4.78, 5) is 23.7. The molecule has 2 amide bonds. The predicted molar refractivity (Wildman–Crippen MR) is 81.7 cm³/mol. The van der Waals surface area contributed by atoms with E-state index in [4.69, 9.17) is 5.73 Å². The number of halogens is 1. The number of carbonyl (C=O) groups is 2. The molecule has 2 aromatic carbocycles. The molecule has 1 atom stereocenters. The van der Waals surface area contributed by atoms with Crippen molar-refractivity contribution >= 4 is 11.8 Å². The van der Waals surface area contributed by atoms with Crippen molar-refractivity contribution in [1.29, 1.82) is 0 Å². The fraction of sp³-hybridized carbons (Fsp3) is 0.176. The molecule has 0 unspecified atom stereocenters. The SMILES string of the molecule is Cc1ccccc1C[C@@H](NC(=O)c1ccccc1F)C(N)=O. The number of hydrogen-bond donors (Lipinski definition) is 2. The third kappa shape index (κ3) is 3.69. The monoisotopic (exact) mass is 300 g/mol. The highest BCUT2D eigenvalue weighted by Gasteiger charge is 2.21. The molecule has 22 heavy (non-hydrogen) atoms. The Kier molecular flexibility index (Phi) is 4.88. The Bertz CT molecular complexity index is 701. The van der Waals surface area contributed by atoms with Crippen LogP contribution < -0.4 is 11.1 Å². The highest BCUT2D eigenvalue weighted by molar-refractivity contribution is 5.97. The lowest BCUT2D eigenvalue weighted by Gasteiger charge is -2.17. The topological polar surface area (TPSA) is 72.2 Å². The lowest BCUT2D eigenvalue weighted by atomic mass is 10.0. The highest BCUT2D eigenvalue weighted by Crippen LogP contribution is 2.11. The standard InChI is InChI=1S/C17H17FN2O2/c1-11-6-2-3-7-12(11)10-15(16(19)21)20-17(22)13-8-4-5-9-14(13)18/h2-9,15H,10H2,1H3,(H2,19,21)(H,20,22)/t15-/m1/s1. The van der Waals surface area contributed by atoms with Gasteiger partial charge in [-0.2, -0.15) is 0 Å².